The summed E-state index contributed by atoms with van der Waals surface area (Å²) in [6.07, 6.45) is -6.45. The van der Waals surface area contributed by atoms with Crippen molar-refractivity contribution in [2.75, 3.05) is 32.1 Å². The Bertz CT molecular complexity index is 881. The van der Waals surface area contributed by atoms with Crippen LogP contribution in [0.4, 0.5) is 23.7 Å². The summed E-state index contributed by atoms with van der Waals surface area (Å²) in [5, 5.41) is 2.75. The number of halogens is 5. The lowest BCUT2D eigenvalue weighted by Crippen LogP contribution is -2.47. The molecule has 0 aliphatic carbocycles. The van der Waals surface area contributed by atoms with Gasteiger partial charge in [0.05, 0.1) is 7.11 Å². The molecule has 1 N–H and O–H groups in total. The molecule has 0 aromatic heterocycles. The summed E-state index contributed by atoms with van der Waals surface area (Å²) in [6.45, 7) is 0.537. The molecule has 2 atom stereocenters. The minimum Gasteiger partial charge on any atom is -0.497 e. The number of alkyl halides is 3. The van der Waals surface area contributed by atoms with E-state index in [2.05, 4.69) is 5.32 Å². The van der Waals surface area contributed by atoms with Crippen molar-refractivity contribution in [3.63, 3.8) is 0 Å². The Morgan fingerprint density at radius 2 is 1.97 bits per heavy atom. The van der Waals surface area contributed by atoms with Crippen LogP contribution in [0.15, 0.2) is 48.5 Å². The van der Waals surface area contributed by atoms with E-state index in [4.69, 9.17) is 21.1 Å². The van der Waals surface area contributed by atoms with Crippen molar-refractivity contribution in [2.24, 2.45) is 0 Å². The molecule has 0 bridgehead atoms. The fourth-order valence-corrected chi connectivity index (χ4v) is 3.77. The predicted octanol–water partition coefficient (Wildman–Crippen LogP) is 6.13. The molecule has 32 heavy (non-hydrogen) atoms. The van der Waals surface area contributed by atoms with Gasteiger partial charge in [0.2, 0.25) is 6.10 Å². The quantitative estimate of drug-likeness (QED) is 0.526. The molecule has 0 spiro atoms. The standard InChI is InChI=1S/C22H24ClF3N2O3.ClH/c1-30-19-6-2-4-15(12-19)16-5-3-11-28(13-16)14-20(22(24,25)26)31-21(29)27-18-9-7-17(23)8-10-18;/h2,4,6-10,12,16,20H,3,5,11,13-14H2,1H3,(H,27,29);1H/t16-,20+;/m1./s1. The van der Waals surface area contributed by atoms with Gasteiger partial charge in [-0.1, -0.05) is 23.7 Å². The second-order valence-electron chi connectivity index (χ2n) is 7.44. The molecule has 0 saturated carbocycles. The first-order valence-electron chi connectivity index (χ1n) is 9.91. The molecule has 176 valence electrons. The van der Waals surface area contributed by atoms with Crippen LogP contribution in [0.25, 0.3) is 0 Å². The Hall–Kier alpha value is -2.16. The minimum atomic E-state index is -4.68. The third-order valence-electron chi connectivity index (χ3n) is 5.20. The van der Waals surface area contributed by atoms with Crippen molar-refractivity contribution in [1.29, 1.82) is 0 Å². The average Bonchev–Trinajstić information content (AvgIpc) is 2.74. The highest BCUT2D eigenvalue weighted by molar-refractivity contribution is 6.30. The molecule has 5 nitrogen and oxygen atoms in total. The molecule has 1 heterocycles. The SMILES string of the molecule is COc1cccc([C@@H]2CCCN(C[C@H](OC(=O)Nc3ccc(Cl)cc3)C(F)(F)F)C2)c1.Cl. The van der Waals surface area contributed by atoms with Crippen LogP contribution < -0.4 is 10.1 Å². The highest BCUT2D eigenvalue weighted by Crippen LogP contribution is 2.31. The van der Waals surface area contributed by atoms with Gasteiger partial charge in [0.15, 0.2) is 0 Å². The summed E-state index contributed by atoms with van der Waals surface area (Å²) in [5.41, 5.74) is 1.32. The van der Waals surface area contributed by atoms with E-state index >= 15 is 0 Å². The van der Waals surface area contributed by atoms with Gasteiger partial charge in [-0.3, -0.25) is 10.2 Å². The van der Waals surface area contributed by atoms with Gasteiger partial charge in [-0.15, -0.1) is 12.4 Å². The zero-order chi connectivity index (χ0) is 22.4. The Balaban J connectivity index is 0.00000363. The number of ether oxygens (including phenoxy) is 2. The molecule has 1 aliphatic rings. The fraction of sp³-hybridized carbons (Fsp3) is 0.409. The highest BCUT2D eigenvalue weighted by Gasteiger charge is 2.44. The molecule has 1 aliphatic heterocycles. The van der Waals surface area contributed by atoms with Gasteiger partial charge < -0.3 is 9.47 Å². The second-order valence-corrected chi connectivity index (χ2v) is 7.88. The lowest BCUT2D eigenvalue weighted by atomic mass is 9.90. The summed E-state index contributed by atoms with van der Waals surface area (Å²) >= 11 is 5.77. The van der Waals surface area contributed by atoms with Crippen molar-refractivity contribution in [1.82, 2.24) is 4.90 Å². The normalized spacial score (nSPS) is 17.7. The van der Waals surface area contributed by atoms with E-state index < -0.39 is 24.9 Å². The number of methoxy groups -OCH3 is 1. The number of likely N-dealkylation sites (tertiary alicyclic amines) is 1. The van der Waals surface area contributed by atoms with Crippen LogP contribution in [0.1, 0.15) is 24.3 Å². The molecule has 2 aromatic carbocycles. The highest BCUT2D eigenvalue weighted by atomic mass is 35.5. The number of benzene rings is 2. The number of nitrogens with one attached hydrogen (secondary N) is 1. The van der Waals surface area contributed by atoms with Crippen LogP contribution in [0.3, 0.4) is 0 Å². The number of rotatable bonds is 6. The molecule has 0 unspecified atom stereocenters. The van der Waals surface area contributed by atoms with E-state index in [-0.39, 0.29) is 18.3 Å². The maximum Gasteiger partial charge on any atom is 0.426 e. The molecule has 1 saturated heterocycles. The first kappa shape index (κ1) is 26.1. The Labute approximate surface area is 196 Å². The van der Waals surface area contributed by atoms with E-state index in [1.165, 1.54) is 24.3 Å². The third-order valence-corrected chi connectivity index (χ3v) is 5.45. The molecular formula is C22H25Cl2F3N2O3. The van der Waals surface area contributed by atoms with Gasteiger partial charge in [0, 0.05) is 23.8 Å². The average molecular weight is 493 g/mol. The minimum absolute atomic E-state index is 0. The van der Waals surface area contributed by atoms with Crippen molar-refractivity contribution in [3.8, 4) is 5.75 Å². The maximum absolute atomic E-state index is 13.6. The number of carbonyl (C=O) groups excluding carboxylic acids is 1. The molecule has 2 aromatic rings. The van der Waals surface area contributed by atoms with Gasteiger partial charge in [-0.2, -0.15) is 13.2 Å². The zero-order valence-corrected chi connectivity index (χ0v) is 19.0. The van der Waals surface area contributed by atoms with Crippen LogP contribution in [0, 0.1) is 0 Å². The number of anilines is 1. The lowest BCUT2D eigenvalue weighted by molar-refractivity contribution is -0.207. The number of piperidine rings is 1. The van der Waals surface area contributed by atoms with Crippen LogP contribution in [0.5, 0.6) is 5.75 Å². The van der Waals surface area contributed by atoms with Gasteiger partial charge >= 0.3 is 12.3 Å². The zero-order valence-electron chi connectivity index (χ0n) is 17.4. The van der Waals surface area contributed by atoms with Crippen molar-refractivity contribution >= 4 is 35.8 Å². The van der Waals surface area contributed by atoms with E-state index in [1.54, 1.807) is 12.0 Å². The van der Waals surface area contributed by atoms with Crippen LogP contribution in [0.2, 0.25) is 5.02 Å². The van der Waals surface area contributed by atoms with Crippen molar-refractivity contribution in [3.05, 3.63) is 59.1 Å². The van der Waals surface area contributed by atoms with Crippen LogP contribution in [-0.2, 0) is 4.74 Å². The number of amides is 1. The summed E-state index contributed by atoms with van der Waals surface area (Å²) in [7, 11) is 1.58. The lowest BCUT2D eigenvalue weighted by Gasteiger charge is -2.35. The summed E-state index contributed by atoms with van der Waals surface area (Å²) in [4.78, 5) is 13.7. The number of hydrogen-bond donors (Lipinski definition) is 1. The first-order chi connectivity index (χ1) is 14.7. The molecule has 10 heteroatoms. The van der Waals surface area contributed by atoms with Crippen LogP contribution >= 0.6 is 24.0 Å². The predicted molar refractivity (Wildman–Crippen MR) is 120 cm³/mol. The van der Waals surface area contributed by atoms with Gasteiger partial charge in [0.1, 0.15) is 5.75 Å². The summed E-state index contributed by atoms with van der Waals surface area (Å²) in [6, 6.07) is 13.6. The van der Waals surface area contributed by atoms with E-state index in [9.17, 15) is 18.0 Å². The number of nitrogens with zero attached hydrogens (tertiary/aromatic N) is 1. The maximum atomic E-state index is 13.6. The molecule has 1 amide bonds. The van der Waals surface area contributed by atoms with Crippen molar-refractivity contribution < 1.29 is 27.4 Å². The first-order valence-corrected chi connectivity index (χ1v) is 10.3. The fourth-order valence-electron chi connectivity index (χ4n) is 3.64. The van der Waals surface area contributed by atoms with E-state index in [0.717, 1.165) is 18.4 Å². The van der Waals surface area contributed by atoms with Crippen molar-refractivity contribution in [2.45, 2.75) is 31.0 Å². The van der Waals surface area contributed by atoms with Gasteiger partial charge in [-0.05, 0) is 67.3 Å². The monoisotopic (exact) mass is 492 g/mol. The van der Waals surface area contributed by atoms with Crippen LogP contribution in [-0.4, -0.2) is 50.0 Å². The Morgan fingerprint density at radius 1 is 1.25 bits per heavy atom. The summed E-state index contributed by atoms with van der Waals surface area (Å²) in [5.74, 6) is 0.797. The van der Waals surface area contributed by atoms with Gasteiger partial charge in [0.25, 0.3) is 0 Å². The molecular weight excluding hydrogens is 468 g/mol. The summed E-state index contributed by atoms with van der Waals surface area (Å²) < 4.78 is 50.7. The third kappa shape index (κ3) is 7.46. The van der Waals surface area contributed by atoms with E-state index in [1.807, 2.05) is 24.3 Å². The molecule has 0 radical (unpaired) electrons. The topological polar surface area (TPSA) is 50.8 Å². The largest absolute Gasteiger partial charge is 0.497 e. The number of hydrogen-bond acceptors (Lipinski definition) is 4. The second kappa shape index (κ2) is 11.6. The molecule has 3 rings (SSSR count). The smallest absolute Gasteiger partial charge is 0.426 e. The van der Waals surface area contributed by atoms with E-state index in [0.29, 0.717) is 29.5 Å². The van der Waals surface area contributed by atoms with Gasteiger partial charge in [-0.25, -0.2) is 4.79 Å². The number of carbonyl (C=O) groups is 1. The Kier molecular flexibility index (Phi) is 9.48. The molecule has 1 fully saturated rings. The Morgan fingerprint density at radius 3 is 2.62 bits per heavy atom.